The van der Waals surface area contributed by atoms with Crippen LogP contribution in [-0.4, -0.2) is 11.8 Å². The molecule has 0 radical (unpaired) electrons. The fourth-order valence-electron chi connectivity index (χ4n) is 1.21. The molecule has 0 aromatic heterocycles. The van der Waals surface area contributed by atoms with Crippen molar-refractivity contribution in [3.8, 4) is 0 Å². The highest BCUT2D eigenvalue weighted by atomic mass is 35.5. The van der Waals surface area contributed by atoms with Gasteiger partial charge in [-0.3, -0.25) is 4.79 Å². The SMILES string of the molecule is CC(NC(=O)CCl)c1ccc(Cl)cc1Cl. The van der Waals surface area contributed by atoms with Crippen molar-refractivity contribution >= 4 is 40.7 Å². The Morgan fingerprint density at radius 3 is 2.67 bits per heavy atom. The van der Waals surface area contributed by atoms with Gasteiger partial charge in [0.05, 0.1) is 6.04 Å². The van der Waals surface area contributed by atoms with Crippen molar-refractivity contribution in [1.82, 2.24) is 5.32 Å². The Labute approximate surface area is 104 Å². The average molecular weight is 267 g/mol. The maximum absolute atomic E-state index is 11.1. The van der Waals surface area contributed by atoms with Crippen LogP contribution in [0.2, 0.25) is 10.0 Å². The molecule has 0 fully saturated rings. The molecule has 1 rings (SSSR count). The molecule has 1 atom stereocenters. The van der Waals surface area contributed by atoms with Crippen LogP contribution in [0.15, 0.2) is 18.2 Å². The summed E-state index contributed by atoms with van der Waals surface area (Å²) < 4.78 is 0. The molecule has 0 heterocycles. The van der Waals surface area contributed by atoms with E-state index < -0.39 is 0 Å². The van der Waals surface area contributed by atoms with Gasteiger partial charge in [0, 0.05) is 10.0 Å². The molecule has 82 valence electrons. The first kappa shape index (κ1) is 12.6. The summed E-state index contributed by atoms with van der Waals surface area (Å²) in [5.74, 6) is -0.287. The van der Waals surface area contributed by atoms with Gasteiger partial charge in [0.1, 0.15) is 5.88 Å². The van der Waals surface area contributed by atoms with Crippen LogP contribution in [0.1, 0.15) is 18.5 Å². The highest BCUT2D eigenvalue weighted by Gasteiger charge is 2.11. The van der Waals surface area contributed by atoms with Crippen molar-refractivity contribution in [3.63, 3.8) is 0 Å². The Balaban J connectivity index is 2.82. The quantitative estimate of drug-likeness (QED) is 0.835. The van der Waals surface area contributed by atoms with E-state index in [1.54, 1.807) is 18.2 Å². The van der Waals surface area contributed by atoms with Gasteiger partial charge in [0.2, 0.25) is 5.91 Å². The highest BCUT2D eigenvalue weighted by molar-refractivity contribution is 6.35. The summed E-state index contributed by atoms with van der Waals surface area (Å²) in [6.07, 6.45) is 0. The average Bonchev–Trinajstić information content (AvgIpc) is 2.17. The summed E-state index contributed by atoms with van der Waals surface area (Å²) in [5, 5.41) is 3.81. The Morgan fingerprint density at radius 1 is 1.47 bits per heavy atom. The van der Waals surface area contributed by atoms with Crippen molar-refractivity contribution in [2.45, 2.75) is 13.0 Å². The van der Waals surface area contributed by atoms with Gasteiger partial charge < -0.3 is 5.32 Å². The van der Waals surface area contributed by atoms with E-state index in [4.69, 9.17) is 34.8 Å². The minimum absolute atomic E-state index is 0.0600. The first-order valence-electron chi connectivity index (χ1n) is 4.35. The molecule has 1 N–H and O–H groups in total. The van der Waals surface area contributed by atoms with Crippen molar-refractivity contribution < 1.29 is 4.79 Å². The Hall–Kier alpha value is -0.440. The molecule has 0 bridgehead atoms. The van der Waals surface area contributed by atoms with E-state index >= 15 is 0 Å². The molecular weight excluding hydrogens is 256 g/mol. The zero-order chi connectivity index (χ0) is 11.4. The lowest BCUT2D eigenvalue weighted by atomic mass is 10.1. The smallest absolute Gasteiger partial charge is 0.235 e. The van der Waals surface area contributed by atoms with E-state index in [9.17, 15) is 4.79 Å². The molecule has 1 aromatic rings. The van der Waals surface area contributed by atoms with E-state index in [1.165, 1.54) is 0 Å². The molecule has 0 spiro atoms. The first-order valence-corrected chi connectivity index (χ1v) is 5.64. The van der Waals surface area contributed by atoms with Crippen molar-refractivity contribution in [2.75, 3.05) is 5.88 Å². The molecular formula is C10H10Cl3NO. The molecule has 0 aliphatic carbocycles. The lowest BCUT2D eigenvalue weighted by Crippen LogP contribution is -2.27. The molecule has 0 saturated carbocycles. The number of rotatable bonds is 3. The topological polar surface area (TPSA) is 29.1 Å². The van der Waals surface area contributed by atoms with Crippen LogP contribution in [0.4, 0.5) is 0 Å². The molecule has 15 heavy (non-hydrogen) atoms. The van der Waals surface area contributed by atoms with Gasteiger partial charge in [-0.05, 0) is 24.6 Å². The lowest BCUT2D eigenvalue weighted by molar-refractivity contribution is -0.119. The summed E-state index contributed by atoms with van der Waals surface area (Å²) in [7, 11) is 0. The van der Waals surface area contributed by atoms with Gasteiger partial charge in [-0.2, -0.15) is 0 Å². The predicted octanol–water partition coefficient (Wildman–Crippen LogP) is 3.41. The fraction of sp³-hybridized carbons (Fsp3) is 0.300. The molecule has 0 saturated heterocycles. The second kappa shape index (κ2) is 5.59. The van der Waals surface area contributed by atoms with Gasteiger partial charge in [-0.15, -0.1) is 11.6 Å². The number of carbonyl (C=O) groups excluding carboxylic acids is 1. The Bertz CT molecular complexity index is 368. The monoisotopic (exact) mass is 265 g/mol. The maximum atomic E-state index is 11.1. The number of alkyl halides is 1. The summed E-state index contributed by atoms with van der Waals surface area (Å²) >= 11 is 17.1. The van der Waals surface area contributed by atoms with Crippen LogP contribution in [0.25, 0.3) is 0 Å². The van der Waals surface area contributed by atoms with E-state index in [1.807, 2.05) is 6.92 Å². The standard InChI is InChI=1S/C10H10Cl3NO/c1-6(14-10(15)5-11)8-3-2-7(12)4-9(8)13/h2-4,6H,5H2,1H3,(H,14,15). The zero-order valence-electron chi connectivity index (χ0n) is 8.06. The normalized spacial score (nSPS) is 12.3. The second-order valence-electron chi connectivity index (χ2n) is 3.09. The Morgan fingerprint density at radius 2 is 2.13 bits per heavy atom. The highest BCUT2D eigenvalue weighted by Crippen LogP contribution is 2.25. The molecule has 1 unspecified atom stereocenters. The first-order chi connectivity index (χ1) is 7.04. The van der Waals surface area contributed by atoms with Crippen molar-refractivity contribution in [3.05, 3.63) is 33.8 Å². The van der Waals surface area contributed by atoms with Crippen LogP contribution in [-0.2, 0) is 4.79 Å². The second-order valence-corrected chi connectivity index (χ2v) is 4.20. The van der Waals surface area contributed by atoms with Gasteiger partial charge in [0.25, 0.3) is 0 Å². The van der Waals surface area contributed by atoms with Crippen LogP contribution in [0.3, 0.4) is 0 Å². The summed E-state index contributed by atoms with van der Waals surface area (Å²) in [4.78, 5) is 11.1. The molecule has 0 aliphatic rings. The van der Waals surface area contributed by atoms with Crippen molar-refractivity contribution in [1.29, 1.82) is 0 Å². The van der Waals surface area contributed by atoms with Gasteiger partial charge in [-0.25, -0.2) is 0 Å². The minimum Gasteiger partial charge on any atom is -0.348 e. The number of benzene rings is 1. The van der Waals surface area contributed by atoms with E-state index in [2.05, 4.69) is 5.32 Å². The summed E-state index contributed by atoms with van der Waals surface area (Å²) in [6.45, 7) is 1.83. The van der Waals surface area contributed by atoms with Crippen molar-refractivity contribution in [2.24, 2.45) is 0 Å². The lowest BCUT2D eigenvalue weighted by Gasteiger charge is -2.14. The molecule has 5 heteroatoms. The summed E-state index contributed by atoms with van der Waals surface area (Å²) in [5.41, 5.74) is 0.819. The van der Waals surface area contributed by atoms with Gasteiger partial charge in [0.15, 0.2) is 0 Å². The van der Waals surface area contributed by atoms with E-state index in [0.717, 1.165) is 5.56 Å². The fourth-order valence-corrected chi connectivity index (χ4v) is 1.86. The third kappa shape index (κ3) is 3.56. The molecule has 1 amide bonds. The van der Waals surface area contributed by atoms with Crippen LogP contribution < -0.4 is 5.32 Å². The number of halogens is 3. The molecule has 1 aromatic carbocycles. The third-order valence-electron chi connectivity index (χ3n) is 1.93. The van der Waals surface area contributed by atoms with Crippen LogP contribution >= 0.6 is 34.8 Å². The molecule has 2 nitrogen and oxygen atoms in total. The van der Waals surface area contributed by atoms with Crippen LogP contribution in [0, 0.1) is 0 Å². The Kier molecular flexibility index (Phi) is 4.71. The number of carbonyl (C=O) groups is 1. The van der Waals surface area contributed by atoms with E-state index in [-0.39, 0.29) is 17.8 Å². The largest absolute Gasteiger partial charge is 0.348 e. The maximum Gasteiger partial charge on any atom is 0.235 e. The van der Waals surface area contributed by atoms with E-state index in [0.29, 0.717) is 10.0 Å². The van der Waals surface area contributed by atoms with Crippen LogP contribution in [0.5, 0.6) is 0 Å². The molecule has 0 aliphatic heterocycles. The zero-order valence-corrected chi connectivity index (χ0v) is 10.3. The predicted molar refractivity (Wildman–Crippen MR) is 63.7 cm³/mol. The number of nitrogens with one attached hydrogen (secondary N) is 1. The number of hydrogen-bond donors (Lipinski definition) is 1. The van der Waals surface area contributed by atoms with Gasteiger partial charge in [-0.1, -0.05) is 29.3 Å². The minimum atomic E-state index is -0.227. The van der Waals surface area contributed by atoms with Gasteiger partial charge >= 0.3 is 0 Å². The summed E-state index contributed by atoms with van der Waals surface area (Å²) in [6, 6.07) is 4.97. The third-order valence-corrected chi connectivity index (χ3v) is 2.73. The number of amides is 1. The number of hydrogen-bond acceptors (Lipinski definition) is 1.